The molecule has 0 N–H and O–H groups in total. The molecule has 0 radical (unpaired) electrons. The van der Waals surface area contributed by atoms with E-state index in [4.69, 9.17) is 9.26 Å². The van der Waals surface area contributed by atoms with Gasteiger partial charge in [-0.3, -0.25) is 4.79 Å². The topological polar surface area (TPSA) is 99.2 Å². The second kappa shape index (κ2) is 7.79. The Bertz CT molecular complexity index is 930. The average molecular weight is 382 g/mol. The van der Waals surface area contributed by atoms with Gasteiger partial charge in [0.15, 0.2) is 17.6 Å². The summed E-state index contributed by atoms with van der Waals surface area (Å²) in [4.78, 5) is 18.7. The first-order chi connectivity index (χ1) is 13.6. The molecule has 0 spiro atoms. The van der Waals surface area contributed by atoms with Crippen molar-refractivity contribution in [3.05, 3.63) is 42.4 Å². The number of amides is 1. The fourth-order valence-electron chi connectivity index (χ4n) is 3.32. The second-order valence-electron chi connectivity index (χ2n) is 6.86. The van der Waals surface area contributed by atoms with Gasteiger partial charge in [-0.1, -0.05) is 28.6 Å². The van der Waals surface area contributed by atoms with Crippen LogP contribution in [0.2, 0.25) is 0 Å². The third-order valence-electron chi connectivity index (χ3n) is 4.81. The highest BCUT2D eigenvalue weighted by molar-refractivity contribution is 5.81. The van der Waals surface area contributed by atoms with Crippen LogP contribution >= 0.6 is 0 Å². The number of carbonyl (C=O) groups is 1. The van der Waals surface area contributed by atoms with Crippen molar-refractivity contribution >= 4 is 5.91 Å². The van der Waals surface area contributed by atoms with Crippen LogP contribution in [-0.2, 0) is 4.79 Å². The number of piperidine rings is 1. The van der Waals surface area contributed by atoms with Gasteiger partial charge in [-0.25, -0.2) is 4.68 Å². The van der Waals surface area contributed by atoms with Crippen LogP contribution in [0.15, 0.2) is 41.1 Å². The lowest BCUT2D eigenvalue weighted by Crippen LogP contribution is -2.45. The molecule has 9 heteroatoms. The van der Waals surface area contributed by atoms with E-state index < -0.39 is 6.10 Å². The quantitative estimate of drug-likeness (QED) is 0.667. The molecule has 146 valence electrons. The van der Waals surface area contributed by atoms with Crippen LogP contribution in [0.1, 0.15) is 31.6 Å². The van der Waals surface area contributed by atoms with E-state index in [-0.39, 0.29) is 11.9 Å². The highest BCUT2D eigenvalue weighted by Crippen LogP contribution is 2.24. The maximum absolute atomic E-state index is 12.7. The summed E-state index contributed by atoms with van der Waals surface area (Å²) in [5, 5.41) is 12.1. The number of likely N-dealkylation sites (tertiary alicyclic amines) is 1. The fraction of sp³-hybridized carbons (Fsp3) is 0.421. The molecule has 1 unspecified atom stereocenters. The van der Waals surface area contributed by atoms with Crippen molar-refractivity contribution in [1.82, 2.24) is 30.0 Å². The van der Waals surface area contributed by atoms with Gasteiger partial charge in [0, 0.05) is 13.1 Å². The van der Waals surface area contributed by atoms with Gasteiger partial charge >= 0.3 is 0 Å². The molecule has 28 heavy (non-hydrogen) atoms. The van der Waals surface area contributed by atoms with Crippen LogP contribution in [0.4, 0.5) is 0 Å². The van der Waals surface area contributed by atoms with Crippen LogP contribution < -0.4 is 4.74 Å². The lowest BCUT2D eigenvalue weighted by Gasteiger charge is -2.33. The average Bonchev–Trinajstić information content (AvgIpc) is 3.37. The molecule has 1 amide bonds. The summed E-state index contributed by atoms with van der Waals surface area (Å²) >= 11 is 0. The van der Waals surface area contributed by atoms with Gasteiger partial charge in [-0.15, -0.1) is 5.10 Å². The van der Waals surface area contributed by atoms with E-state index in [1.54, 1.807) is 13.8 Å². The lowest BCUT2D eigenvalue weighted by atomic mass is 10.0. The van der Waals surface area contributed by atoms with E-state index in [1.807, 2.05) is 46.1 Å². The number of rotatable bonds is 5. The lowest BCUT2D eigenvalue weighted by molar-refractivity contribution is -0.139. The highest BCUT2D eigenvalue weighted by Gasteiger charge is 2.28. The molecular weight excluding hydrogens is 360 g/mol. The Morgan fingerprint density at radius 3 is 2.68 bits per heavy atom. The Labute approximate surface area is 162 Å². The van der Waals surface area contributed by atoms with Crippen molar-refractivity contribution in [2.24, 2.45) is 0 Å². The van der Waals surface area contributed by atoms with Gasteiger partial charge in [0.05, 0.1) is 12.2 Å². The molecule has 1 aliphatic heterocycles. The van der Waals surface area contributed by atoms with Crippen LogP contribution in [-0.4, -0.2) is 55.1 Å². The van der Waals surface area contributed by atoms with Gasteiger partial charge in [0.1, 0.15) is 5.75 Å². The molecule has 2 aromatic heterocycles. The predicted molar refractivity (Wildman–Crippen MR) is 99.4 cm³/mol. The van der Waals surface area contributed by atoms with Gasteiger partial charge in [0.25, 0.3) is 11.8 Å². The minimum atomic E-state index is -0.516. The Morgan fingerprint density at radius 2 is 2.00 bits per heavy atom. The van der Waals surface area contributed by atoms with Crippen LogP contribution in [0, 0.1) is 6.92 Å². The molecule has 1 atom stereocenters. The third kappa shape index (κ3) is 3.88. The molecule has 3 aromatic rings. The van der Waals surface area contributed by atoms with E-state index in [1.165, 1.54) is 0 Å². The van der Waals surface area contributed by atoms with E-state index in [9.17, 15) is 4.79 Å². The molecule has 1 saturated heterocycles. The van der Waals surface area contributed by atoms with Crippen molar-refractivity contribution in [3.63, 3.8) is 0 Å². The third-order valence-corrected chi connectivity index (χ3v) is 4.81. The van der Waals surface area contributed by atoms with Crippen molar-refractivity contribution < 1.29 is 14.1 Å². The van der Waals surface area contributed by atoms with Crippen molar-refractivity contribution in [2.75, 3.05) is 13.1 Å². The van der Waals surface area contributed by atoms with Gasteiger partial charge in [-0.2, -0.15) is 4.98 Å². The standard InChI is InChI=1S/C19H22N6O3/c1-13(27-16-6-4-3-5-7-16)19(26)24-10-8-15(9-11-24)25-12-17(21-23-25)18-20-14(2)22-28-18/h3-7,12-13,15H,8-11H2,1-2H3. The van der Waals surface area contributed by atoms with Crippen LogP contribution in [0.3, 0.4) is 0 Å². The molecule has 1 aliphatic rings. The van der Waals surface area contributed by atoms with Crippen molar-refractivity contribution in [2.45, 2.75) is 38.8 Å². The Hall–Kier alpha value is -3.23. The van der Waals surface area contributed by atoms with Crippen LogP contribution in [0.25, 0.3) is 11.6 Å². The van der Waals surface area contributed by atoms with Gasteiger partial charge < -0.3 is 14.2 Å². The smallest absolute Gasteiger partial charge is 0.280 e. The monoisotopic (exact) mass is 382 g/mol. The van der Waals surface area contributed by atoms with Gasteiger partial charge in [0.2, 0.25) is 0 Å². The number of carbonyl (C=O) groups excluding carboxylic acids is 1. The Morgan fingerprint density at radius 1 is 1.25 bits per heavy atom. The van der Waals surface area contributed by atoms with E-state index in [0.717, 1.165) is 12.8 Å². The zero-order valence-electron chi connectivity index (χ0n) is 15.9. The highest BCUT2D eigenvalue weighted by atomic mass is 16.5. The first kappa shape index (κ1) is 18.1. The first-order valence-electron chi connectivity index (χ1n) is 9.33. The number of hydrogen-bond acceptors (Lipinski definition) is 7. The van der Waals surface area contributed by atoms with E-state index >= 15 is 0 Å². The minimum absolute atomic E-state index is 0.00270. The summed E-state index contributed by atoms with van der Waals surface area (Å²) in [6.45, 7) is 4.85. The largest absolute Gasteiger partial charge is 0.481 e. The maximum Gasteiger partial charge on any atom is 0.280 e. The summed E-state index contributed by atoms with van der Waals surface area (Å²) in [5.74, 6) is 1.62. The summed E-state index contributed by atoms with van der Waals surface area (Å²) in [6, 6.07) is 9.57. The number of para-hydroxylation sites is 1. The SMILES string of the molecule is Cc1noc(-c2cn(C3CCN(C(=O)C(C)Oc4ccccc4)CC3)nn2)n1. The fourth-order valence-corrected chi connectivity index (χ4v) is 3.32. The van der Waals surface area contributed by atoms with Gasteiger partial charge in [-0.05, 0) is 38.8 Å². The molecule has 0 bridgehead atoms. The van der Waals surface area contributed by atoms with Crippen LogP contribution in [0.5, 0.6) is 5.75 Å². The summed E-state index contributed by atoms with van der Waals surface area (Å²) in [6.07, 6.45) is 2.90. The summed E-state index contributed by atoms with van der Waals surface area (Å²) in [7, 11) is 0. The zero-order valence-corrected chi connectivity index (χ0v) is 15.9. The number of nitrogens with zero attached hydrogens (tertiary/aromatic N) is 6. The molecule has 1 fully saturated rings. The Balaban J connectivity index is 1.33. The number of aromatic nitrogens is 5. The number of ether oxygens (including phenoxy) is 1. The normalized spacial score (nSPS) is 16.1. The molecule has 4 rings (SSSR count). The molecule has 3 heterocycles. The first-order valence-corrected chi connectivity index (χ1v) is 9.33. The number of hydrogen-bond donors (Lipinski definition) is 0. The zero-order chi connectivity index (χ0) is 19.5. The summed E-state index contributed by atoms with van der Waals surface area (Å²) < 4.78 is 12.7. The van der Waals surface area contributed by atoms with E-state index in [0.29, 0.717) is 36.2 Å². The maximum atomic E-state index is 12.7. The molecule has 0 aliphatic carbocycles. The summed E-state index contributed by atoms with van der Waals surface area (Å²) in [5.41, 5.74) is 0.559. The molecular formula is C19H22N6O3. The minimum Gasteiger partial charge on any atom is -0.481 e. The van der Waals surface area contributed by atoms with Crippen molar-refractivity contribution in [1.29, 1.82) is 0 Å². The predicted octanol–water partition coefficient (Wildman–Crippen LogP) is 2.27. The second-order valence-corrected chi connectivity index (χ2v) is 6.86. The number of aryl methyl sites for hydroxylation is 1. The Kier molecular flexibility index (Phi) is 5.05. The van der Waals surface area contributed by atoms with E-state index in [2.05, 4.69) is 20.5 Å². The molecule has 1 aromatic carbocycles. The number of benzene rings is 1. The van der Waals surface area contributed by atoms with Crippen molar-refractivity contribution in [3.8, 4) is 17.3 Å². The molecule has 9 nitrogen and oxygen atoms in total. The molecule has 0 saturated carbocycles.